The van der Waals surface area contributed by atoms with Gasteiger partial charge in [0.1, 0.15) is 11.4 Å². The lowest BCUT2D eigenvalue weighted by Crippen LogP contribution is -2.36. The number of aromatic amines is 1. The number of benzene rings is 2. The lowest BCUT2D eigenvalue weighted by Gasteiger charge is -2.27. The van der Waals surface area contributed by atoms with Gasteiger partial charge in [-0.25, -0.2) is 14.8 Å². The molecule has 1 aliphatic heterocycles. The van der Waals surface area contributed by atoms with Crippen molar-refractivity contribution in [3.63, 3.8) is 0 Å². The molecule has 1 atom stereocenters. The number of H-pyrrole nitrogens is 1. The minimum atomic E-state index is -0.524. The number of hydrogen-bond acceptors (Lipinski definition) is 5. The molecule has 0 aliphatic carbocycles. The predicted octanol–water partition coefficient (Wildman–Crippen LogP) is 6.01. The molecular weight excluding hydrogens is 470 g/mol. The van der Waals surface area contributed by atoms with Gasteiger partial charge in [0, 0.05) is 16.6 Å². The first kappa shape index (κ1) is 20.9. The summed E-state index contributed by atoms with van der Waals surface area (Å²) in [5.41, 5.74) is 4.69. The quantitative estimate of drug-likeness (QED) is 0.369. The Bertz CT molecular complexity index is 1330. The smallest absolute Gasteiger partial charge is 0.410 e. The zero-order valence-electron chi connectivity index (χ0n) is 18.2. The average molecular weight is 494 g/mol. The van der Waals surface area contributed by atoms with Crippen molar-refractivity contribution in [1.29, 1.82) is 0 Å². The summed E-state index contributed by atoms with van der Waals surface area (Å²) in [5.74, 6) is 0.787. The third-order valence-corrected chi connectivity index (χ3v) is 5.99. The predicted molar refractivity (Wildman–Crippen MR) is 127 cm³/mol. The molecule has 0 spiro atoms. The molecule has 32 heavy (non-hydrogen) atoms. The summed E-state index contributed by atoms with van der Waals surface area (Å²) < 4.78 is 6.57. The summed E-state index contributed by atoms with van der Waals surface area (Å²) in [6.45, 7) is 6.32. The van der Waals surface area contributed by atoms with E-state index in [0.717, 1.165) is 56.5 Å². The van der Waals surface area contributed by atoms with Crippen LogP contribution in [0.5, 0.6) is 0 Å². The van der Waals surface area contributed by atoms with Crippen LogP contribution in [-0.2, 0) is 4.74 Å². The third kappa shape index (κ3) is 4.07. The van der Waals surface area contributed by atoms with Gasteiger partial charge in [-0.15, -0.1) is 0 Å². The van der Waals surface area contributed by atoms with Crippen LogP contribution in [0.3, 0.4) is 0 Å². The van der Waals surface area contributed by atoms with Crippen molar-refractivity contribution in [2.24, 2.45) is 0 Å². The van der Waals surface area contributed by atoms with Gasteiger partial charge in [-0.05, 0) is 63.9 Å². The summed E-state index contributed by atoms with van der Waals surface area (Å²) in [6, 6.07) is 11.8. The molecule has 1 fully saturated rings. The number of rotatable bonds is 2. The lowest BCUT2D eigenvalue weighted by atomic mass is 10.1. The van der Waals surface area contributed by atoms with Crippen LogP contribution in [0.4, 0.5) is 4.79 Å². The van der Waals surface area contributed by atoms with Crippen LogP contribution < -0.4 is 0 Å². The van der Waals surface area contributed by atoms with Gasteiger partial charge in [-0.1, -0.05) is 22.0 Å². The number of nitrogens with zero attached hydrogens (tertiary/aromatic N) is 4. The molecule has 7 nitrogen and oxygen atoms in total. The van der Waals surface area contributed by atoms with Crippen molar-refractivity contribution < 1.29 is 9.53 Å². The number of amides is 1. The molecule has 0 bridgehead atoms. The first-order valence-corrected chi connectivity index (χ1v) is 11.5. The molecule has 0 radical (unpaired) electrons. The third-order valence-electron chi connectivity index (χ3n) is 5.50. The van der Waals surface area contributed by atoms with Crippen molar-refractivity contribution in [3.05, 3.63) is 52.9 Å². The highest BCUT2D eigenvalue weighted by Gasteiger charge is 2.34. The monoisotopic (exact) mass is 493 g/mol. The molecule has 2 aromatic heterocycles. The maximum absolute atomic E-state index is 12.7. The first-order chi connectivity index (χ1) is 15.3. The molecule has 164 valence electrons. The number of ether oxygens (including phenoxy) is 1. The number of aromatic nitrogens is 4. The minimum absolute atomic E-state index is 0.111. The zero-order chi connectivity index (χ0) is 22.5. The highest BCUT2D eigenvalue weighted by molar-refractivity contribution is 9.10. The molecule has 3 heterocycles. The van der Waals surface area contributed by atoms with Gasteiger partial charge in [0.05, 0.1) is 40.0 Å². The number of imidazole rings is 1. The van der Waals surface area contributed by atoms with Crippen LogP contribution in [0, 0.1) is 0 Å². The number of hydrogen-bond donors (Lipinski definition) is 1. The van der Waals surface area contributed by atoms with E-state index in [-0.39, 0.29) is 12.1 Å². The molecule has 4 aromatic rings. The van der Waals surface area contributed by atoms with E-state index in [0.29, 0.717) is 6.54 Å². The van der Waals surface area contributed by atoms with E-state index < -0.39 is 5.60 Å². The Morgan fingerprint density at radius 2 is 1.94 bits per heavy atom. The molecular formula is C24H24BrN5O2. The van der Waals surface area contributed by atoms with E-state index in [1.807, 2.05) is 57.2 Å². The zero-order valence-corrected chi connectivity index (χ0v) is 19.8. The molecule has 1 saturated heterocycles. The topological polar surface area (TPSA) is 84.0 Å². The van der Waals surface area contributed by atoms with Crippen LogP contribution in [0.2, 0.25) is 0 Å². The van der Waals surface area contributed by atoms with Gasteiger partial charge in [-0.3, -0.25) is 9.88 Å². The van der Waals surface area contributed by atoms with Crippen LogP contribution in [0.1, 0.15) is 45.5 Å². The number of halogens is 1. The van der Waals surface area contributed by atoms with Crippen LogP contribution >= 0.6 is 15.9 Å². The van der Waals surface area contributed by atoms with Gasteiger partial charge >= 0.3 is 6.09 Å². The summed E-state index contributed by atoms with van der Waals surface area (Å²) in [7, 11) is 0. The Morgan fingerprint density at radius 3 is 2.75 bits per heavy atom. The van der Waals surface area contributed by atoms with E-state index in [4.69, 9.17) is 14.7 Å². The molecule has 5 rings (SSSR count). The Morgan fingerprint density at radius 1 is 1.12 bits per heavy atom. The fourth-order valence-corrected chi connectivity index (χ4v) is 4.41. The van der Waals surface area contributed by atoms with E-state index in [1.165, 1.54) is 0 Å². The molecule has 1 aliphatic rings. The maximum atomic E-state index is 12.7. The number of nitrogens with one attached hydrogen (secondary N) is 1. The fourth-order valence-electron chi connectivity index (χ4n) is 4.06. The molecule has 0 unspecified atom stereocenters. The molecule has 1 amide bonds. The van der Waals surface area contributed by atoms with E-state index in [2.05, 4.69) is 25.9 Å². The molecule has 0 saturated carbocycles. The van der Waals surface area contributed by atoms with Gasteiger partial charge in [-0.2, -0.15) is 0 Å². The fraction of sp³-hybridized carbons (Fsp3) is 0.333. The number of fused-ring (bicyclic) bond motifs is 2. The summed E-state index contributed by atoms with van der Waals surface area (Å²) in [4.78, 5) is 32.0. The molecule has 2 aromatic carbocycles. The highest BCUT2D eigenvalue weighted by Crippen LogP contribution is 2.33. The Hall–Kier alpha value is -3.00. The van der Waals surface area contributed by atoms with Gasteiger partial charge in [0.25, 0.3) is 0 Å². The largest absolute Gasteiger partial charge is 0.444 e. The van der Waals surface area contributed by atoms with E-state index >= 15 is 0 Å². The van der Waals surface area contributed by atoms with Crippen molar-refractivity contribution >= 4 is 44.1 Å². The summed E-state index contributed by atoms with van der Waals surface area (Å²) in [6.07, 6.45) is 3.28. The summed E-state index contributed by atoms with van der Waals surface area (Å²) in [5, 5.41) is 0. The second-order valence-corrected chi connectivity index (χ2v) is 9.99. The Kier molecular flexibility index (Phi) is 5.12. The molecule has 8 heteroatoms. The number of carbonyl (C=O) groups is 1. The Labute approximate surface area is 194 Å². The minimum Gasteiger partial charge on any atom is -0.444 e. The summed E-state index contributed by atoms with van der Waals surface area (Å²) >= 11 is 3.47. The van der Waals surface area contributed by atoms with E-state index in [9.17, 15) is 4.79 Å². The molecule has 1 N–H and O–H groups in total. The number of carbonyl (C=O) groups excluding carboxylic acids is 1. The van der Waals surface area contributed by atoms with Crippen molar-refractivity contribution in [1.82, 2.24) is 24.8 Å². The second kappa shape index (κ2) is 7.85. The van der Waals surface area contributed by atoms with Crippen LogP contribution in [0.25, 0.3) is 33.3 Å². The lowest BCUT2D eigenvalue weighted by molar-refractivity contribution is 0.0219. The van der Waals surface area contributed by atoms with Crippen molar-refractivity contribution in [2.45, 2.75) is 45.3 Å². The van der Waals surface area contributed by atoms with Crippen LogP contribution in [-0.4, -0.2) is 43.1 Å². The normalized spacial score (nSPS) is 16.8. The highest BCUT2D eigenvalue weighted by atomic mass is 79.9. The first-order valence-electron chi connectivity index (χ1n) is 10.7. The van der Waals surface area contributed by atoms with Crippen molar-refractivity contribution in [2.75, 3.05) is 6.54 Å². The van der Waals surface area contributed by atoms with Crippen LogP contribution in [0.15, 0.2) is 47.1 Å². The van der Waals surface area contributed by atoms with E-state index in [1.54, 1.807) is 11.1 Å². The average Bonchev–Trinajstić information content (AvgIpc) is 3.38. The number of likely N-dealkylation sites (tertiary alicyclic amines) is 1. The van der Waals surface area contributed by atoms with Gasteiger partial charge in [0.15, 0.2) is 0 Å². The van der Waals surface area contributed by atoms with Gasteiger partial charge in [0.2, 0.25) is 0 Å². The maximum Gasteiger partial charge on any atom is 0.410 e. The standard InChI is InChI=1S/C24H24BrN5O2/c1-24(2,3)32-23(31)30-10-4-5-21(30)22-28-17-8-6-14(11-19(17)29-22)20-13-26-18-12-15(25)7-9-16(18)27-20/h6-9,11-13,21H,4-5,10H2,1-3H3,(H,28,29)/t21-/m0/s1. The Balaban J connectivity index is 1.45. The second-order valence-electron chi connectivity index (χ2n) is 9.07. The SMILES string of the molecule is CC(C)(C)OC(=O)N1CCC[C@H]1c1nc2ccc(-c3cnc4cc(Br)ccc4n3)cc2[nH]1. The van der Waals surface area contributed by atoms with Crippen molar-refractivity contribution in [3.8, 4) is 11.3 Å². The van der Waals surface area contributed by atoms with Gasteiger partial charge < -0.3 is 9.72 Å².